The molecule has 12 nitrogen and oxygen atoms in total. The smallest absolute Gasteiger partial charge is 0.271 e. The van der Waals surface area contributed by atoms with Crippen LogP contribution in [0.25, 0.3) is 33.7 Å². The van der Waals surface area contributed by atoms with E-state index in [4.69, 9.17) is 9.51 Å². The van der Waals surface area contributed by atoms with Crippen LogP contribution < -0.4 is 16.2 Å². The number of aliphatic hydroxyl groups excluding tert-OH is 1. The van der Waals surface area contributed by atoms with Gasteiger partial charge in [0.15, 0.2) is 0 Å². The van der Waals surface area contributed by atoms with Gasteiger partial charge in [-0.15, -0.1) is 0 Å². The Morgan fingerprint density at radius 3 is 2.73 bits per heavy atom. The van der Waals surface area contributed by atoms with E-state index >= 15 is 0 Å². The number of benzene rings is 2. The first-order valence-electron chi connectivity index (χ1n) is 12.7. The Balaban J connectivity index is 1.38. The summed E-state index contributed by atoms with van der Waals surface area (Å²) in [6, 6.07) is 18.1. The Kier molecular flexibility index (Phi) is 6.73. The number of fused-ring (bicyclic) bond motifs is 1. The minimum atomic E-state index is -0.460. The van der Waals surface area contributed by atoms with Crippen molar-refractivity contribution in [2.24, 2.45) is 0 Å². The van der Waals surface area contributed by atoms with Crippen molar-refractivity contribution in [1.82, 2.24) is 34.9 Å². The average Bonchev–Trinajstić information content (AvgIpc) is 3.61. The molecule has 0 fully saturated rings. The lowest BCUT2D eigenvalue weighted by Crippen LogP contribution is -2.17. The van der Waals surface area contributed by atoms with E-state index < -0.39 is 6.04 Å². The molecule has 0 saturated heterocycles. The van der Waals surface area contributed by atoms with Crippen LogP contribution in [-0.2, 0) is 6.54 Å². The number of pyridine rings is 1. The second-order valence-electron chi connectivity index (χ2n) is 8.95. The molecule has 6 aromatic rings. The number of hydrogen-bond acceptors (Lipinski definition) is 10. The van der Waals surface area contributed by atoms with E-state index in [9.17, 15) is 9.90 Å². The zero-order valence-corrected chi connectivity index (χ0v) is 21.4. The van der Waals surface area contributed by atoms with Crippen molar-refractivity contribution >= 4 is 28.4 Å². The Bertz CT molecular complexity index is 1810. The molecule has 4 heterocycles. The Morgan fingerprint density at radius 1 is 1.07 bits per heavy atom. The number of rotatable bonds is 9. The van der Waals surface area contributed by atoms with Crippen LogP contribution in [0, 0.1) is 0 Å². The molecule has 0 bridgehead atoms. The van der Waals surface area contributed by atoms with Gasteiger partial charge in [-0.25, -0.2) is 4.98 Å². The summed E-state index contributed by atoms with van der Waals surface area (Å²) in [7, 11) is 0. The largest absolute Gasteiger partial charge is 0.394 e. The molecule has 2 aromatic carbocycles. The molecule has 200 valence electrons. The third-order valence-corrected chi connectivity index (χ3v) is 6.40. The minimum Gasteiger partial charge on any atom is -0.394 e. The van der Waals surface area contributed by atoms with Gasteiger partial charge in [-0.2, -0.15) is 9.97 Å². The zero-order chi connectivity index (χ0) is 27.5. The van der Waals surface area contributed by atoms with E-state index in [0.717, 1.165) is 11.1 Å². The van der Waals surface area contributed by atoms with E-state index in [1.54, 1.807) is 41.5 Å². The summed E-state index contributed by atoms with van der Waals surface area (Å²) in [5, 5.41) is 24.2. The van der Waals surface area contributed by atoms with Crippen LogP contribution >= 0.6 is 0 Å². The summed E-state index contributed by atoms with van der Waals surface area (Å²) in [4.78, 5) is 30.0. The number of hydrogen-bond donors (Lipinski definition) is 4. The van der Waals surface area contributed by atoms with Gasteiger partial charge in [-0.3, -0.25) is 19.6 Å². The summed E-state index contributed by atoms with van der Waals surface area (Å²) in [6.45, 7) is 2.39. The quantitative estimate of drug-likeness (QED) is 0.212. The van der Waals surface area contributed by atoms with Gasteiger partial charge < -0.3 is 20.3 Å². The lowest BCUT2D eigenvalue weighted by atomic mass is 10.1. The molecule has 12 heteroatoms. The SMILES string of the molecule is CCn1[nH]c(=O)c2ccc(Nc3ncc(-c4nc(-c5cccnc5)no4)c(N[C@H](CO)c4ccccc4)n3)cc21. The van der Waals surface area contributed by atoms with E-state index in [-0.39, 0.29) is 18.1 Å². The Hall–Kier alpha value is -5.36. The number of aromatic amines is 1. The predicted molar refractivity (Wildman–Crippen MR) is 150 cm³/mol. The minimum absolute atomic E-state index is 0.142. The molecule has 4 aromatic heterocycles. The van der Waals surface area contributed by atoms with E-state index in [1.165, 1.54) is 0 Å². The summed E-state index contributed by atoms with van der Waals surface area (Å²) in [5.74, 6) is 1.26. The first-order chi connectivity index (χ1) is 19.6. The molecule has 0 unspecified atom stereocenters. The highest BCUT2D eigenvalue weighted by Crippen LogP contribution is 2.31. The summed E-state index contributed by atoms with van der Waals surface area (Å²) >= 11 is 0. The van der Waals surface area contributed by atoms with Crippen LogP contribution in [0.4, 0.5) is 17.5 Å². The topological polar surface area (TPSA) is 160 Å². The molecule has 0 amide bonds. The molecular weight excluding hydrogens is 510 g/mol. The van der Waals surface area contributed by atoms with E-state index in [0.29, 0.717) is 46.3 Å². The molecule has 0 aliphatic carbocycles. The highest BCUT2D eigenvalue weighted by molar-refractivity contribution is 5.83. The van der Waals surface area contributed by atoms with Crippen molar-refractivity contribution in [3.05, 3.63) is 95.2 Å². The van der Waals surface area contributed by atoms with Gasteiger partial charge >= 0.3 is 0 Å². The third kappa shape index (κ3) is 4.90. The fourth-order valence-corrected chi connectivity index (χ4v) is 4.38. The fraction of sp³-hybridized carbons (Fsp3) is 0.143. The van der Waals surface area contributed by atoms with E-state index in [2.05, 4.69) is 35.8 Å². The molecular formula is C28H25N9O3. The van der Waals surface area contributed by atoms with Crippen molar-refractivity contribution in [2.75, 3.05) is 17.2 Å². The molecule has 1 atom stereocenters. The standard InChI is InChI=1S/C28H25N9O3/c1-2-37-23-13-19(10-11-20(23)26(39)35-37)31-28-30-15-21(27-33-24(36-40-27)18-9-6-12-29-14-18)25(34-28)32-22(16-38)17-7-4-3-5-8-17/h3-15,22,38H,2,16H2,1H3,(H,35,39)(H2,30,31,32,34)/t22-/m1/s1. The van der Waals surface area contributed by atoms with E-state index in [1.807, 2.05) is 49.4 Å². The lowest BCUT2D eigenvalue weighted by Gasteiger charge is -2.19. The van der Waals surface area contributed by atoms with Crippen molar-refractivity contribution in [1.29, 1.82) is 0 Å². The van der Waals surface area contributed by atoms with Crippen LogP contribution in [-0.4, -0.2) is 46.6 Å². The number of aromatic nitrogens is 7. The second kappa shape index (κ2) is 10.8. The lowest BCUT2D eigenvalue weighted by molar-refractivity contribution is 0.276. The zero-order valence-electron chi connectivity index (χ0n) is 21.4. The highest BCUT2D eigenvalue weighted by atomic mass is 16.5. The molecule has 4 N–H and O–H groups in total. The van der Waals surface area contributed by atoms with Crippen LogP contribution in [0.1, 0.15) is 18.5 Å². The van der Waals surface area contributed by atoms with Crippen molar-refractivity contribution < 1.29 is 9.63 Å². The monoisotopic (exact) mass is 535 g/mol. The number of nitrogens with zero attached hydrogens (tertiary/aromatic N) is 6. The number of H-pyrrole nitrogens is 1. The molecule has 0 aliphatic rings. The summed E-state index contributed by atoms with van der Waals surface area (Å²) in [6.07, 6.45) is 4.89. The number of aliphatic hydroxyl groups is 1. The van der Waals surface area contributed by atoms with Crippen molar-refractivity contribution in [3.63, 3.8) is 0 Å². The Morgan fingerprint density at radius 2 is 1.95 bits per heavy atom. The van der Waals surface area contributed by atoms with Gasteiger partial charge in [0, 0.05) is 36.4 Å². The molecule has 0 saturated carbocycles. The fourth-order valence-electron chi connectivity index (χ4n) is 4.38. The molecule has 0 spiro atoms. The molecule has 0 radical (unpaired) electrons. The summed E-state index contributed by atoms with van der Waals surface area (Å²) in [5.41, 5.74) is 3.37. The van der Waals surface area contributed by atoms with Gasteiger partial charge in [-0.1, -0.05) is 35.5 Å². The van der Waals surface area contributed by atoms with Crippen molar-refractivity contribution in [2.45, 2.75) is 19.5 Å². The Labute approximate surface area is 227 Å². The number of aryl methyl sites for hydroxylation is 1. The first-order valence-corrected chi connectivity index (χ1v) is 12.7. The van der Waals surface area contributed by atoms with Crippen LogP contribution in [0.3, 0.4) is 0 Å². The molecule has 6 rings (SSSR count). The van der Waals surface area contributed by atoms with Gasteiger partial charge in [-0.05, 0) is 42.8 Å². The summed E-state index contributed by atoms with van der Waals surface area (Å²) < 4.78 is 7.35. The van der Waals surface area contributed by atoms with Crippen molar-refractivity contribution in [3.8, 4) is 22.8 Å². The first kappa shape index (κ1) is 24.9. The van der Waals surface area contributed by atoms with Crippen LogP contribution in [0.15, 0.2) is 88.6 Å². The maximum absolute atomic E-state index is 12.2. The van der Waals surface area contributed by atoms with Crippen LogP contribution in [0.2, 0.25) is 0 Å². The number of anilines is 3. The maximum atomic E-state index is 12.2. The number of nitrogens with one attached hydrogen (secondary N) is 3. The predicted octanol–water partition coefficient (Wildman–Crippen LogP) is 4.14. The maximum Gasteiger partial charge on any atom is 0.271 e. The van der Waals surface area contributed by atoms with Crippen LogP contribution in [0.5, 0.6) is 0 Å². The highest BCUT2D eigenvalue weighted by Gasteiger charge is 2.20. The molecule has 0 aliphatic heterocycles. The van der Waals surface area contributed by atoms with Gasteiger partial charge in [0.05, 0.1) is 23.6 Å². The molecule has 40 heavy (non-hydrogen) atoms. The van der Waals surface area contributed by atoms with Gasteiger partial charge in [0.2, 0.25) is 11.8 Å². The third-order valence-electron chi connectivity index (χ3n) is 6.40. The van der Waals surface area contributed by atoms with Gasteiger partial charge in [0.1, 0.15) is 11.4 Å². The second-order valence-corrected chi connectivity index (χ2v) is 8.95. The normalized spacial score (nSPS) is 11.9. The van der Waals surface area contributed by atoms with Gasteiger partial charge in [0.25, 0.3) is 11.4 Å². The average molecular weight is 536 g/mol.